The lowest BCUT2D eigenvalue weighted by Gasteiger charge is -2.18. The summed E-state index contributed by atoms with van der Waals surface area (Å²) in [4.78, 5) is 13.2. The average Bonchev–Trinajstić information content (AvgIpc) is 2.46. The first-order valence-corrected chi connectivity index (χ1v) is 6.15. The largest absolute Gasteiger partial charge is 0.383 e. The molecule has 0 aromatic heterocycles. The Bertz CT molecular complexity index is 665. The molecule has 0 bridgehead atoms. The van der Waals surface area contributed by atoms with Crippen molar-refractivity contribution in [3.05, 3.63) is 59.4 Å². The van der Waals surface area contributed by atoms with Gasteiger partial charge in [-0.1, -0.05) is 12.1 Å². The van der Waals surface area contributed by atoms with Crippen molar-refractivity contribution in [3.8, 4) is 0 Å². The van der Waals surface area contributed by atoms with Crippen LogP contribution < -0.4 is 10.2 Å². The number of anilines is 2. The van der Waals surface area contributed by atoms with Gasteiger partial charge in [0.15, 0.2) is 0 Å². The molecule has 0 atom stereocenters. The molecule has 1 amide bonds. The molecular weight excluding hydrogens is 281 g/mol. The van der Waals surface area contributed by atoms with E-state index in [0.717, 1.165) is 17.0 Å². The van der Waals surface area contributed by atoms with Gasteiger partial charge in [-0.2, -0.15) is 0 Å². The minimum atomic E-state index is -0.886. The van der Waals surface area contributed by atoms with E-state index in [0.29, 0.717) is 0 Å². The number of carbonyl (C=O) groups excluding carboxylic acids is 1. The van der Waals surface area contributed by atoms with E-state index < -0.39 is 23.4 Å². The van der Waals surface area contributed by atoms with E-state index in [2.05, 4.69) is 5.32 Å². The second-order valence-corrected chi connectivity index (χ2v) is 4.38. The summed E-state index contributed by atoms with van der Waals surface area (Å²) >= 11 is 0. The number of hydrogen-bond acceptors (Lipinski definition) is 2. The van der Waals surface area contributed by atoms with Crippen LogP contribution in [-0.4, -0.2) is 20.0 Å². The van der Waals surface area contributed by atoms with E-state index in [-0.39, 0.29) is 16.9 Å². The van der Waals surface area contributed by atoms with E-state index in [1.165, 1.54) is 32.3 Å². The van der Waals surface area contributed by atoms with Crippen LogP contribution in [0, 0.1) is 17.5 Å². The summed E-state index contributed by atoms with van der Waals surface area (Å²) in [5.41, 5.74) is -0.490. The van der Waals surface area contributed by atoms with Crippen molar-refractivity contribution in [1.29, 1.82) is 0 Å². The number of nitrogens with zero attached hydrogens (tertiary/aromatic N) is 1. The molecule has 0 aliphatic heterocycles. The number of amides is 1. The Morgan fingerprint density at radius 2 is 1.62 bits per heavy atom. The van der Waals surface area contributed by atoms with Crippen molar-refractivity contribution in [2.24, 2.45) is 0 Å². The highest BCUT2D eigenvalue weighted by Gasteiger charge is 2.19. The summed E-state index contributed by atoms with van der Waals surface area (Å²) in [6.45, 7) is 0. The maximum Gasteiger partial charge on any atom is 0.258 e. The van der Waals surface area contributed by atoms with Crippen LogP contribution in [0.1, 0.15) is 10.4 Å². The number of hydrogen-bond donors (Lipinski definition) is 1. The van der Waals surface area contributed by atoms with Crippen molar-refractivity contribution in [3.63, 3.8) is 0 Å². The molecule has 0 fully saturated rings. The Labute approximate surface area is 120 Å². The van der Waals surface area contributed by atoms with Gasteiger partial charge in [0, 0.05) is 19.7 Å². The molecule has 2 aromatic rings. The Morgan fingerprint density at radius 1 is 1.05 bits per heavy atom. The van der Waals surface area contributed by atoms with Gasteiger partial charge in [-0.05, 0) is 24.3 Å². The molecule has 0 saturated heterocycles. The summed E-state index contributed by atoms with van der Waals surface area (Å²) in [6, 6.07) is 7.47. The van der Waals surface area contributed by atoms with Gasteiger partial charge < -0.3 is 10.2 Å². The van der Waals surface area contributed by atoms with Crippen molar-refractivity contribution in [2.45, 2.75) is 0 Å². The van der Waals surface area contributed by atoms with Gasteiger partial charge in [0.25, 0.3) is 5.91 Å². The van der Waals surface area contributed by atoms with Crippen LogP contribution in [0.5, 0.6) is 0 Å². The molecule has 0 unspecified atom stereocenters. The highest BCUT2D eigenvalue weighted by atomic mass is 19.1. The molecule has 0 spiro atoms. The molecule has 0 saturated carbocycles. The number of rotatable bonds is 3. The first kappa shape index (κ1) is 14.9. The number of halogens is 3. The monoisotopic (exact) mass is 294 g/mol. The Kier molecular flexibility index (Phi) is 4.16. The van der Waals surface area contributed by atoms with Gasteiger partial charge in [-0.25, -0.2) is 13.2 Å². The lowest BCUT2D eigenvalue weighted by molar-refractivity contribution is 0.0991. The van der Waals surface area contributed by atoms with Crippen molar-refractivity contribution in [1.82, 2.24) is 0 Å². The summed E-state index contributed by atoms with van der Waals surface area (Å²) in [5.74, 6) is -3.08. The highest BCUT2D eigenvalue weighted by molar-refractivity contribution is 6.06. The Hall–Kier alpha value is -2.50. The smallest absolute Gasteiger partial charge is 0.258 e. The van der Waals surface area contributed by atoms with Gasteiger partial charge in [-0.3, -0.25) is 4.79 Å². The van der Waals surface area contributed by atoms with Gasteiger partial charge in [0.2, 0.25) is 0 Å². The third-order valence-corrected chi connectivity index (χ3v) is 3.06. The lowest BCUT2D eigenvalue weighted by atomic mass is 10.1. The number of carbonyl (C=O) groups is 1. The molecular formula is C15H13F3N2O. The maximum atomic E-state index is 13.7. The van der Waals surface area contributed by atoms with Gasteiger partial charge in [-0.15, -0.1) is 0 Å². The van der Waals surface area contributed by atoms with Crippen LogP contribution in [0.15, 0.2) is 36.4 Å². The zero-order chi connectivity index (χ0) is 15.6. The minimum Gasteiger partial charge on any atom is -0.383 e. The molecule has 0 heterocycles. The third kappa shape index (κ3) is 2.84. The summed E-state index contributed by atoms with van der Waals surface area (Å²) in [7, 11) is 2.71. The Balaban J connectivity index is 2.39. The first-order valence-electron chi connectivity index (χ1n) is 6.15. The summed E-state index contributed by atoms with van der Waals surface area (Å²) < 4.78 is 41.0. The zero-order valence-corrected chi connectivity index (χ0v) is 11.5. The van der Waals surface area contributed by atoms with E-state index >= 15 is 0 Å². The molecule has 3 nitrogen and oxygen atoms in total. The van der Waals surface area contributed by atoms with Crippen LogP contribution >= 0.6 is 0 Å². The topological polar surface area (TPSA) is 32.3 Å². The first-order chi connectivity index (χ1) is 9.95. The van der Waals surface area contributed by atoms with Crippen LogP contribution in [0.25, 0.3) is 0 Å². The summed E-state index contributed by atoms with van der Waals surface area (Å²) in [6.07, 6.45) is 0. The molecule has 110 valence electrons. The maximum absolute atomic E-state index is 13.7. The fourth-order valence-electron chi connectivity index (χ4n) is 1.96. The third-order valence-electron chi connectivity index (χ3n) is 3.06. The molecule has 0 aliphatic rings. The van der Waals surface area contributed by atoms with Crippen LogP contribution in [0.4, 0.5) is 24.5 Å². The van der Waals surface area contributed by atoms with Crippen LogP contribution in [0.3, 0.4) is 0 Å². The predicted octanol–water partition coefficient (Wildman–Crippen LogP) is 3.42. The molecule has 1 N–H and O–H groups in total. The molecule has 2 aromatic carbocycles. The zero-order valence-electron chi connectivity index (χ0n) is 11.5. The molecule has 0 radical (unpaired) electrons. The minimum absolute atomic E-state index is 0.0287. The molecule has 6 heteroatoms. The second-order valence-electron chi connectivity index (χ2n) is 4.38. The average molecular weight is 294 g/mol. The SMILES string of the molecule is CNc1c(F)cc(C(=O)N(C)c2ccccc2F)cc1F. The van der Waals surface area contributed by atoms with E-state index in [1.807, 2.05) is 0 Å². The van der Waals surface area contributed by atoms with Gasteiger partial charge in [0.05, 0.1) is 5.69 Å². The normalized spacial score (nSPS) is 10.3. The molecule has 0 aliphatic carbocycles. The Morgan fingerprint density at radius 3 is 2.14 bits per heavy atom. The van der Waals surface area contributed by atoms with Crippen LogP contribution in [-0.2, 0) is 0 Å². The summed E-state index contributed by atoms with van der Waals surface area (Å²) in [5, 5.41) is 2.36. The number of para-hydroxylation sites is 1. The predicted molar refractivity (Wildman–Crippen MR) is 75.0 cm³/mol. The fraction of sp³-hybridized carbons (Fsp3) is 0.133. The van der Waals surface area contributed by atoms with E-state index in [4.69, 9.17) is 0 Å². The quantitative estimate of drug-likeness (QED) is 0.940. The number of nitrogens with one attached hydrogen (secondary N) is 1. The fourth-order valence-corrected chi connectivity index (χ4v) is 1.96. The lowest BCUT2D eigenvalue weighted by Crippen LogP contribution is -2.27. The van der Waals surface area contributed by atoms with Crippen molar-refractivity contribution >= 4 is 17.3 Å². The standard InChI is InChI=1S/C15H13F3N2O/c1-19-14-11(17)7-9(8-12(14)18)15(21)20(2)13-6-4-3-5-10(13)16/h3-8,19H,1-2H3. The molecule has 21 heavy (non-hydrogen) atoms. The number of benzene rings is 2. The second kappa shape index (κ2) is 5.87. The van der Waals surface area contributed by atoms with Crippen molar-refractivity contribution in [2.75, 3.05) is 24.3 Å². The van der Waals surface area contributed by atoms with Crippen LogP contribution in [0.2, 0.25) is 0 Å². The molecule has 2 rings (SSSR count). The van der Waals surface area contributed by atoms with Gasteiger partial charge in [0.1, 0.15) is 23.1 Å². The van der Waals surface area contributed by atoms with E-state index in [9.17, 15) is 18.0 Å². The van der Waals surface area contributed by atoms with Gasteiger partial charge >= 0.3 is 0 Å². The highest BCUT2D eigenvalue weighted by Crippen LogP contribution is 2.23. The van der Waals surface area contributed by atoms with E-state index in [1.54, 1.807) is 6.07 Å². The van der Waals surface area contributed by atoms with Crippen molar-refractivity contribution < 1.29 is 18.0 Å².